The molecule has 0 aromatic carbocycles. The molecule has 3 unspecified atom stereocenters. The molecule has 66 valence electrons. The van der Waals surface area contributed by atoms with Crippen molar-refractivity contribution < 1.29 is 4.74 Å². The average Bonchev–Trinajstić information content (AvgIpc) is 2.00. The first kappa shape index (κ1) is 9.05. The van der Waals surface area contributed by atoms with Crippen molar-refractivity contribution in [1.82, 2.24) is 0 Å². The average molecular weight is 156 g/mol. The Hall–Kier alpha value is -0.0400. The first-order chi connectivity index (χ1) is 5.10. The van der Waals surface area contributed by atoms with Crippen LogP contribution in [0.3, 0.4) is 0 Å². The van der Waals surface area contributed by atoms with Crippen LogP contribution in [-0.4, -0.2) is 12.2 Å². The van der Waals surface area contributed by atoms with Crippen molar-refractivity contribution in [1.29, 1.82) is 0 Å². The Morgan fingerprint density at radius 2 is 2.09 bits per heavy atom. The largest absolute Gasteiger partial charge is 0.375 e. The Labute approximate surface area is 70.1 Å². The van der Waals surface area contributed by atoms with E-state index in [1.165, 1.54) is 6.42 Å². The van der Waals surface area contributed by atoms with E-state index < -0.39 is 0 Å². The van der Waals surface area contributed by atoms with E-state index in [0.29, 0.717) is 5.92 Å². The maximum atomic E-state index is 5.80. The Morgan fingerprint density at radius 1 is 1.45 bits per heavy atom. The van der Waals surface area contributed by atoms with Crippen LogP contribution in [-0.2, 0) is 4.74 Å². The number of hydrogen-bond donors (Lipinski definition) is 0. The Kier molecular flexibility index (Phi) is 2.58. The van der Waals surface area contributed by atoms with Gasteiger partial charge in [-0.2, -0.15) is 0 Å². The maximum absolute atomic E-state index is 5.80. The first-order valence-corrected chi connectivity index (χ1v) is 4.74. The number of hydrogen-bond acceptors (Lipinski definition) is 1. The number of rotatable bonds is 1. The zero-order chi connectivity index (χ0) is 8.48. The van der Waals surface area contributed by atoms with Crippen LogP contribution in [0.15, 0.2) is 0 Å². The van der Waals surface area contributed by atoms with Gasteiger partial charge in [0.2, 0.25) is 0 Å². The van der Waals surface area contributed by atoms with Crippen LogP contribution in [0, 0.1) is 11.8 Å². The second kappa shape index (κ2) is 3.14. The lowest BCUT2D eigenvalue weighted by Crippen LogP contribution is -2.43. The van der Waals surface area contributed by atoms with Gasteiger partial charge in [0.25, 0.3) is 0 Å². The summed E-state index contributed by atoms with van der Waals surface area (Å²) in [4.78, 5) is 0. The fourth-order valence-electron chi connectivity index (χ4n) is 1.89. The summed E-state index contributed by atoms with van der Waals surface area (Å²) in [5, 5.41) is 0. The Morgan fingerprint density at radius 3 is 2.55 bits per heavy atom. The summed E-state index contributed by atoms with van der Waals surface area (Å²) in [6.07, 6.45) is 2.37. The molecule has 0 N–H and O–H groups in total. The Balaban J connectivity index is 2.64. The van der Waals surface area contributed by atoms with Crippen LogP contribution in [0.5, 0.6) is 0 Å². The maximum Gasteiger partial charge on any atom is 0.0679 e. The standard InChI is InChI=1S/C10H20O/c1-5-10(4)9(3)8(2)6-7-11-10/h8-9H,5-7H2,1-4H3. The SMILES string of the molecule is CCC1(C)OCCC(C)C1C. The molecule has 11 heavy (non-hydrogen) atoms. The van der Waals surface area contributed by atoms with Gasteiger partial charge in [-0.05, 0) is 31.6 Å². The van der Waals surface area contributed by atoms with Crippen LogP contribution in [0.2, 0.25) is 0 Å². The highest BCUT2D eigenvalue weighted by Crippen LogP contribution is 2.36. The summed E-state index contributed by atoms with van der Waals surface area (Å²) in [7, 11) is 0. The summed E-state index contributed by atoms with van der Waals surface area (Å²) in [5.41, 5.74) is 0.150. The molecule has 1 rings (SSSR count). The van der Waals surface area contributed by atoms with E-state index in [9.17, 15) is 0 Å². The first-order valence-electron chi connectivity index (χ1n) is 4.74. The highest BCUT2D eigenvalue weighted by atomic mass is 16.5. The van der Waals surface area contributed by atoms with E-state index in [1.54, 1.807) is 0 Å². The lowest BCUT2D eigenvalue weighted by atomic mass is 9.76. The van der Waals surface area contributed by atoms with Crippen LogP contribution < -0.4 is 0 Å². The molecule has 3 atom stereocenters. The van der Waals surface area contributed by atoms with E-state index >= 15 is 0 Å². The predicted molar refractivity (Wildman–Crippen MR) is 47.6 cm³/mol. The molecule has 0 spiro atoms. The molecule has 0 saturated carbocycles. The van der Waals surface area contributed by atoms with Crippen molar-refractivity contribution in [3.63, 3.8) is 0 Å². The van der Waals surface area contributed by atoms with Gasteiger partial charge in [-0.1, -0.05) is 20.8 Å². The molecule has 0 aliphatic carbocycles. The van der Waals surface area contributed by atoms with Crippen LogP contribution in [0.1, 0.15) is 40.5 Å². The monoisotopic (exact) mass is 156 g/mol. The highest BCUT2D eigenvalue weighted by molar-refractivity contribution is 4.86. The van der Waals surface area contributed by atoms with E-state index in [-0.39, 0.29) is 5.60 Å². The van der Waals surface area contributed by atoms with Crippen molar-refractivity contribution in [3.8, 4) is 0 Å². The van der Waals surface area contributed by atoms with Crippen LogP contribution >= 0.6 is 0 Å². The molecule has 0 bridgehead atoms. The number of ether oxygens (including phenoxy) is 1. The minimum Gasteiger partial charge on any atom is -0.375 e. The molecular formula is C10H20O. The predicted octanol–water partition coefficient (Wildman–Crippen LogP) is 2.85. The second-order valence-corrected chi connectivity index (χ2v) is 4.07. The topological polar surface area (TPSA) is 9.23 Å². The zero-order valence-electron chi connectivity index (χ0n) is 8.18. The van der Waals surface area contributed by atoms with E-state index in [1.807, 2.05) is 0 Å². The summed E-state index contributed by atoms with van der Waals surface area (Å²) in [6.45, 7) is 10.1. The molecule has 1 saturated heterocycles. The van der Waals surface area contributed by atoms with Crippen molar-refractivity contribution in [2.75, 3.05) is 6.61 Å². The normalized spacial score (nSPS) is 45.8. The van der Waals surface area contributed by atoms with Gasteiger partial charge in [0.05, 0.1) is 5.60 Å². The molecule has 0 amide bonds. The van der Waals surface area contributed by atoms with E-state index in [2.05, 4.69) is 27.7 Å². The van der Waals surface area contributed by atoms with Gasteiger partial charge in [-0.3, -0.25) is 0 Å². The summed E-state index contributed by atoms with van der Waals surface area (Å²) in [5.74, 6) is 1.54. The third kappa shape index (κ3) is 1.58. The van der Waals surface area contributed by atoms with Gasteiger partial charge in [-0.25, -0.2) is 0 Å². The molecule has 1 aliphatic heterocycles. The third-order valence-electron chi connectivity index (χ3n) is 3.52. The molecule has 1 fully saturated rings. The molecule has 0 aromatic heterocycles. The molecular weight excluding hydrogens is 136 g/mol. The fourth-order valence-corrected chi connectivity index (χ4v) is 1.89. The van der Waals surface area contributed by atoms with E-state index in [0.717, 1.165) is 18.9 Å². The van der Waals surface area contributed by atoms with Gasteiger partial charge in [0.1, 0.15) is 0 Å². The zero-order valence-corrected chi connectivity index (χ0v) is 8.18. The van der Waals surface area contributed by atoms with Gasteiger partial charge >= 0.3 is 0 Å². The third-order valence-corrected chi connectivity index (χ3v) is 3.52. The lowest BCUT2D eigenvalue weighted by Gasteiger charge is -2.42. The van der Waals surface area contributed by atoms with Crippen molar-refractivity contribution in [3.05, 3.63) is 0 Å². The van der Waals surface area contributed by atoms with Crippen molar-refractivity contribution in [2.45, 2.75) is 46.1 Å². The minimum absolute atomic E-state index is 0.150. The molecule has 1 aliphatic rings. The summed E-state index contributed by atoms with van der Waals surface area (Å²) < 4.78 is 5.80. The van der Waals surface area contributed by atoms with Crippen LogP contribution in [0.4, 0.5) is 0 Å². The lowest BCUT2D eigenvalue weighted by molar-refractivity contribution is -0.123. The smallest absolute Gasteiger partial charge is 0.0679 e. The van der Waals surface area contributed by atoms with Gasteiger partial charge in [0, 0.05) is 6.61 Å². The molecule has 0 aromatic rings. The summed E-state index contributed by atoms with van der Waals surface area (Å²) >= 11 is 0. The van der Waals surface area contributed by atoms with Gasteiger partial charge < -0.3 is 4.74 Å². The van der Waals surface area contributed by atoms with Crippen molar-refractivity contribution >= 4 is 0 Å². The quantitative estimate of drug-likeness (QED) is 0.567. The minimum atomic E-state index is 0.150. The summed E-state index contributed by atoms with van der Waals surface area (Å²) in [6, 6.07) is 0. The van der Waals surface area contributed by atoms with Crippen LogP contribution in [0.25, 0.3) is 0 Å². The van der Waals surface area contributed by atoms with Gasteiger partial charge in [-0.15, -0.1) is 0 Å². The van der Waals surface area contributed by atoms with Gasteiger partial charge in [0.15, 0.2) is 0 Å². The molecule has 0 radical (unpaired) electrons. The van der Waals surface area contributed by atoms with E-state index in [4.69, 9.17) is 4.74 Å². The fraction of sp³-hybridized carbons (Fsp3) is 1.00. The molecule has 1 nitrogen and oxygen atoms in total. The second-order valence-electron chi connectivity index (χ2n) is 4.07. The highest BCUT2D eigenvalue weighted by Gasteiger charge is 2.36. The Bertz CT molecular complexity index is 133. The molecule has 1 heterocycles. The molecule has 1 heteroatoms. The van der Waals surface area contributed by atoms with Crippen molar-refractivity contribution in [2.24, 2.45) is 11.8 Å².